The highest BCUT2D eigenvalue weighted by atomic mass is 32.1. The zero-order valence-corrected chi connectivity index (χ0v) is 40.2. The van der Waals surface area contributed by atoms with Gasteiger partial charge in [-0.3, -0.25) is 48.1 Å². The highest BCUT2D eigenvalue weighted by Crippen LogP contribution is 2.21. The number of carbonyl (C=O) groups is 10. The van der Waals surface area contributed by atoms with E-state index in [4.69, 9.17) is 34.4 Å². The Kier molecular flexibility index (Phi) is 26.8. The molecule has 0 bridgehead atoms. The lowest BCUT2D eigenvalue weighted by Gasteiger charge is -2.30. The molecule has 1 saturated heterocycles. The van der Waals surface area contributed by atoms with Gasteiger partial charge in [0.05, 0.1) is 25.3 Å². The molecule has 70 heavy (non-hydrogen) atoms. The van der Waals surface area contributed by atoms with Crippen LogP contribution in [0.5, 0.6) is 0 Å². The number of nitrogens with zero attached hydrogens (tertiary/aromatic N) is 3. The number of aromatic nitrogens is 2. The van der Waals surface area contributed by atoms with E-state index < -0.39 is 120 Å². The summed E-state index contributed by atoms with van der Waals surface area (Å²) in [6.45, 7) is 1.50. The van der Waals surface area contributed by atoms with Gasteiger partial charge in [-0.2, -0.15) is 12.6 Å². The first kappa shape index (κ1) is 59.5. The standard InChI is InChI=1S/C41H71N17O11S/c1-22(52-36(64)28(17-31(45)59)57-34(62)24(44)16-23-18-48-21-51-23)33(61)55-26(9-3-5-13-43)39(67)58-15-7-11-30(58)38(66)54-25(8-2-4-12-42)35(63)50-19-32(60)53-29(20-70)37(65)56-27(40(68)69)10-6-14-49-41(46)47/h18,21-22,24-30,70H,2-17,19-20,42-44H2,1H3,(H2,45,59)(H,48,51)(H,50,63)(H,52,64)(H,53,60)(H,54,66)(H,55,61)(H,56,65)(H,57,62)(H,68,69)(H4,46,47,49)/t22-,24+,25-,26+,27+,28+,29-,30+/m1/s1. The first-order valence-electron chi connectivity index (χ1n) is 22.9. The Morgan fingerprint density at radius 1 is 0.786 bits per heavy atom. The quantitative estimate of drug-likeness (QED) is 0.0135. The van der Waals surface area contributed by atoms with Crippen LogP contribution in [0.1, 0.15) is 83.2 Å². The molecule has 1 aromatic rings. The molecule has 392 valence electrons. The molecule has 0 unspecified atom stereocenters. The smallest absolute Gasteiger partial charge is 0.326 e. The molecule has 0 saturated carbocycles. The number of aromatic amines is 1. The Hall–Kier alpha value is -6.59. The minimum Gasteiger partial charge on any atom is -0.480 e. The van der Waals surface area contributed by atoms with Gasteiger partial charge in [0.1, 0.15) is 42.3 Å². The minimum atomic E-state index is -1.50. The van der Waals surface area contributed by atoms with Gasteiger partial charge in [-0.05, 0) is 84.2 Å². The van der Waals surface area contributed by atoms with Crippen molar-refractivity contribution in [2.75, 3.05) is 38.5 Å². The number of thiol groups is 1. The van der Waals surface area contributed by atoms with Gasteiger partial charge in [0.25, 0.3) is 0 Å². The number of unbranched alkanes of at least 4 members (excludes halogenated alkanes) is 2. The lowest BCUT2D eigenvalue weighted by atomic mass is 10.1. The summed E-state index contributed by atoms with van der Waals surface area (Å²) in [5.41, 5.74) is 33.8. The predicted molar refractivity (Wildman–Crippen MR) is 256 cm³/mol. The van der Waals surface area contributed by atoms with Crippen LogP contribution in [-0.4, -0.2) is 172 Å². The maximum absolute atomic E-state index is 14.2. The first-order valence-corrected chi connectivity index (χ1v) is 23.6. The molecule has 2 rings (SSSR count). The van der Waals surface area contributed by atoms with Crippen molar-refractivity contribution in [3.8, 4) is 0 Å². The topological polar surface area (TPSA) is 476 Å². The van der Waals surface area contributed by atoms with Crippen LogP contribution in [0.3, 0.4) is 0 Å². The second kappa shape index (κ2) is 31.5. The number of carboxylic acids is 1. The largest absolute Gasteiger partial charge is 0.480 e. The van der Waals surface area contributed by atoms with Crippen LogP contribution in [-0.2, 0) is 54.4 Å². The fourth-order valence-corrected chi connectivity index (χ4v) is 7.39. The van der Waals surface area contributed by atoms with E-state index in [0.29, 0.717) is 37.8 Å². The maximum Gasteiger partial charge on any atom is 0.326 e. The van der Waals surface area contributed by atoms with Crippen LogP contribution in [0.4, 0.5) is 0 Å². The third-order valence-corrected chi connectivity index (χ3v) is 11.3. The van der Waals surface area contributed by atoms with Gasteiger partial charge in [-0.1, -0.05) is 0 Å². The number of guanidine groups is 1. The van der Waals surface area contributed by atoms with Crippen LogP contribution < -0.4 is 71.6 Å². The Bertz CT molecular complexity index is 1960. The van der Waals surface area contributed by atoms with Crippen LogP contribution in [0.2, 0.25) is 0 Å². The molecule has 1 fully saturated rings. The van der Waals surface area contributed by atoms with Crippen LogP contribution in [0.15, 0.2) is 17.5 Å². The normalized spacial score (nSPS) is 16.1. The number of imidazole rings is 1. The molecule has 0 radical (unpaired) electrons. The van der Waals surface area contributed by atoms with E-state index in [-0.39, 0.29) is 76.4 Å². The maximum atomic E-state index is 14.2. The number of aliphatic imine (C=N–C) groups is 1. The summed E-state index contributed by atoms with van der Waals surface area (Å²) in [7, 11) is 0. The van der Waals surface area contributed by atoms with E-state index in [0.717, 1.165) is 0 Å². The summed E-state index contributed by atoms with van der Waals surface area (Å²) in [4.78, 5) is 142. The van der Waals surface area contributed by atoms with Crippen molar-refractivity contribution in [2.45, 2.75) is 132 Å². The molecule has 29 heteroatoms. The van der Waals surface area contributed by atoms with E-state index >= 15 is 0 Å². The number of H-pyrrole nitrogens is 1. The fourth-order valence-electron chi connectivity index (χ4n) is 7.14. The molecule has 1 aliphatic heterocycles. The minimum absolute atomic E-state index is 0.0181. The van der Waals surface area contributed by atoms with Crippen molar-refractivity contribution in [3.05, 3.63) is 18.2 Å². The van der Waals surface area contributed by atoms with E-state index in [2.05, 4.69) is 64.8 Å². The van der Waals surface area contributed by atoms with Crippen LogP contribution in [0.25, 0.3) is 0 Å². The number of nitrogens with one attached hydrogen (secondary N) is 8. The summed E-state index contributed by atoms with van der Waals surface area (Å²) in [5.74, 6) is -8.88. The Morgan fingerprint density at radius 3 is 1.99 bits per heavy atom. The van der Waals surface area contributed by atoms with Gasteiger partial charge in [-0.25, -0.2) is 9.78 Å². The van der Waals surface area contributed by atoms with Crippen LogP contribution >= 0.6 is 12.6 Å². The molecule has 0 aliphatic carbocycles. The van der Waals surface area contributed by atoms with Crippen molar-refractivity contribution in [3.63, 3.8) is 0 Å². The van der Waals surface area contributed by atoms with Crippen LogP contribution in [0, 0.1) is 0 Å². The lowest BCUT2D eigenvalue weighted by molar-refractivity contribution is -0.142. The number of amides is 9. The van der Waals surface area contributed by atoms with E-state index in [9.17, 15) is 53.1 Å². The molecule has 1 aliphatic rings. The average Bonchev–Trinajstić information content (AvgIpc) is 4.02. The van der Waals surface area contributed by atoms with Gasteiger partial charge in [0.2, 0.25) is 53.2 Å². The van der Waals surface area contributed by atoms with Gasteiger partial charge < -0.3 is 86.6 Å². The zero-order chi connectivity index (χ0) is 52.3. The molecule has 21 N–H and O–H groups in total. The average molecular weight is 1010 g/mol. The molecule has 0 spiro atoms. The van der Waals surface area contributed by atoms with E-state index in [1.165, 1.54) is 24.3 Å². The second-order valence-corrected chi connectivity index (χ2v) is 17.0. The molecule has 0 aromatic carbocycles. The monoisotopic (exact) mass is 1010 g/mol. The Balaban J connectivity index is 2.13. The van der Waals surface area contributed by atoms with Gasteiger partial charge >= 0.3 is 5.97 Å². The SMILES string of the molecule is C[C@@H](NC(=O)[C@H](CC(N)=O)NC(=O)[C@@H](N)Cc1cnc[nH]1)C(=O)N[C@@H](CCCCN)C(=O)N1CCC[C@H]1C(=O)N[C@H](CCCCN)C(=O)NCC(=O)N[C@H](CS)C(=O)N[C@@H](CCCN=C(N)N)C(=O)O. The number of nitrogens with two attached hydrogens (primary N) is 6. The predicted octanol–water partition coefficient (Wildman–Crippen LogP) is -6.48. The lowest BCUT2D eigenvalue weighted by Crippen LogP contribution is -2.59. The number of likely N-dealkylation sites (tertiary alicyclic amines) is 1. The van der Waals surface area contributed by atoms with Gasteiger partial charge in [0.15, 0.2) is 5.96 Å². The second-order valence-electron chi connectivity index (χ2n) is 16.6. The van der Waals surface area contributed by atoms with Crippen molar-refractivity contribution in [1.29, 1.82) is 0 Å². The molecular formula is C41H71N17O11S. The van der Waals surface area contributed by atoms with Crippen molar-refractivity contribution in [1.82, 2.24) is 52.1 Å². The van der Waals surface area contributed by atoms with Crippen molar-refractivity contribution >= 4 is 77.7 Å². The molecule has 9 amide bonds. The van der Waals surface area contributed by atoms with Gasteiger partial charge in [0, 0.05) is 37.2 Å². The molecule has 1 aromatic heterocycles. The van der Waals surface area contributed by atoms with E-state index in [1.807, 2.05) is 0 Å². The summed E-state index contributed by atoms with van der Waals surface area (Å²) >= 11 is 4.10. The Labute approximate surface area is 410 Å². The summed E-state index contributed by atoms with van der Waals surface area (Å²) in [5, 5.41) is 26.9. The molecular weight excluding hydrogens is 939 g/mol. The third-order valence-electron chi connectivity index (χ3n) is 10.9. The first-order chi connectivity index (χ1) is 33.2. The number of carboxylic acid groups (broad SMARTS) is 1. The highest BCUT2D eigenvalue weighted by molar-refractivity contribution is 7.80. The van der Waals surface area contributed by atoms with Crippen molar-refractivity contribution in [2.24, 2.45) is 39.4 Å². The summed E-state index contributed by atoms with van der Waals surface area (Å²) in [6, 6.07) is -10.00. The highest BCUT2D eigenvalue weighted by Gasteiger charge is 2.39. The number of hydrogen-bond donors (Lipinski definition) is 16. The molecule has 2 heterocycles. The number of aliphatic carboxylic acids is 1. The molecule has 8 atom stereocenters. The van der Waals surface area contributed by atoms with E-state index in [1.54, 1.807) is 0 Å². The fraction of sp³-hybridized carbons (Fsp3) is 0.659. The number of primary amides is 1. The zero-order valence-electron chi connectivity index (χ0n) is 39.3. The number of carbonyl (C=O) groups excluding carboxylic acids is 9. The molecule has 28 nitrogen and oxygen atoms in total. The third kappa shape index (κ3) is 21.4. The number of rotatable bonds is 33. The number of hydrogen-bond acceptors (Lipinski definition) is 16. The summed E-state index contributed by atoms with van der Waals surface area (Å²) < 4.78 is 0. The summed E-state index contributed by atoms with van der Waals surface area (Å²) in [6.07, 6.45) is 5.06. The van der Waals surface area contributed by atoms with Gasteiger partial charge in [-0.15, -0.1) is 0 Å². The Morgan fingerprint density at radius 2 is 1.40 bits per heavy atom. The van der Waals surface area contributed by atoms with Crippen molar-refractivity contribution < 1.29 is 53.1 Å².